The molecule has 0 aliphatic heterocycles. The molecule has 4 aromatic carbocycles. The number of phenolic OH excluding ortho intramolecular Hbond substituents is 1. The van der Waals surface area contributed by atoms with Gasteiger partial charge in [0.25, 0.3) is 0 Å². The third-order valence-corrected chi connectivity index (χ3v) is 6.07. The second kappa shape index (κ2) is 12.4. The Morgan fingerprint density at radius 3 is 2.03 bits per heavy atom. The van der Waals surface area contributed by atoms with Gasteiger partial charge in [-0.3, -0.25) is 4.79 Å². The third-order valence-electron chi connectivity index (χ3n) is 6.07. The SMILES string of the molecule is CCOC(=O)[C@H](Cc1ccccc1)C(Nc1ccccc1O)c1ccc(/C=C/c2ccccc2)cc1. The molecule has 0 bridgehead atoms. The van der Waals surface area contributed by atoms with Crippen LogP contribution in [0.4, 0.5) is 5.69 Å². The highest BCUT2D eigenvalue weighted by molar-refractivity contribution is 5.75. The minimum atomic E-state index is -0.502. The number of hydrogen-bond acceptors (Lipinski definition) is 4. The number of carbonyl (C=O) groups excluding carboxylic acids is 1. The number of ether oxygens (including phenoxy) is 1. The molecular weight excluding hydrogens is 446 g/mol. The van der Waals surface area contributed by atoms with Gasteiger partial charge in [0.2, 0.25) is 0 Å². The van der Waals surface area contributed by atoms with E-state index in [0.717, 1.165) is 22.3 Å². The molecule has 2 atom stereocenters. The maximum absolute atomic E-state index is 13.2. The Morgan fingerprint density at radius 2 is 1.39 bits per heavy atom. The predicted molar refractivity (Wildman–Crippen MR) is 147 cm³/mol. The summed E-state index contributed by atoms with van der Waals surface area (Å²) in [5.41, 5.74) is 4.73. The predicted octanol–water partition coefficient (Wildman–Crippen LogP) is 7.14. The van der Waals surface area contributed by atoms with E-state index in [0.29, 0.717) is 18.7 Å². The molecule has 0 heterocycles. The lowest BCUT2D eigenvalue weighted by atomic mass is 9.87. The van der Waals surface area contributed by atoms with Crippen LogP contribution in [-0.4, -0.2) is 17.7 Å². The summed E-state index contributed by atoms with van der Waals surface area (Å²) in [7, 11) is 0. The molecule has 0 fully saturated rings. The van der Waals surface area contributed by atoms with Crippen LogP contribution in [0.1, 0.15) is 35.2 Å². The summed E-state index contributed by atoms with van der Waals surface area (Å²) in [5.74, 6) is -0.646. The average Bonchev–Trinajstić information content (AvgIpc) is 2.92. The smallest absolute Gasteiger partial charge is 0.311 e. The van der Waals surface area contributed by atoms with Gasteiger partial charge in [0, 0.05) is 0 Å². The molecule has 4 heteroatoms. The molecule has 4 rings (SSSR count). The van der Waals surface area contributed by atoms with Crippen LogP contribution < -0.4 is 5.32 Å². The molecule has 0 aromatic heterocycles. The number of anilines is 1. The molecule has 4 nitrogen and oxygen atoms in total. The quantitative estimate of drug-likeness (QED) is 0.145. The van der Waals surface area contributed by atoms with Gasteiger partial charge >= 0.3 is 5.97 Å². The summed E-state index contributed by atoms with van der Waals surface area (Å²) in [6.07, 6.45) is 4.64. The first-order valence-electron chi connectivity index (χ1n) is 12.2. The first-order valence-corrected chi connectivity index (χ1v) is 12.2. The molecule has 4 aromatic rings. The number of esters is 1. The Labute approximate surface area is 212 Å². The molecule has 0 saturated carbocycles. The van der Waals surface area contributed by atoms with E-state index in [1.807, 2.05) is 91.9 Å². The number of benzene rings is 4. The average molecular weight is 478 g/mol. The van der Waals surface area contributed by atoms with Gasteiger partial charge in [0.15, 0.2) is 0 Å². The monoisotopic (exact) mass is 477 g/mol. The van der Waals surface area contributed by atoms with Gasteiger partial charge in [-0.15, -0.1) is 0 Å². The van der Waals surface area contributed by atoms with Gasteiger partial charge in [-0.1, -0.05) is 109 Å². The standard InChI is InChI=1S/C32H31NO3/c1-2-36-32(35)28(23-26-13-7-4-8-14-26)31(33-29-15-9-10-16-30(29)34)27-21-19-25(20-22-27)18-17-24-11-5-3-6-12-24/h3-22,28,31,33-34H,2,23H2,1H3/b18-17+/t28-,31?/m1/s1. The van der Waals surface area contributed by atoms with Crippen LogP contribution in [0.25, 0.3) is 12.2 Å². The second-order valence-corrected chi connectivity index (χ2v) is 8.60. The summed E-state index contributed by atoms with van der Waals surface area (Å²) in [6.45, 7) is 2.12. The van der Waals surface area contributed by atoms with E-state index in [1.54, 1.807) is 12.1 Å². The lowest BCUT2D eigenvalue weighted by Crippen LogP contribution is -2.31. The minimum Gasteiger partial charge on any atom is -0.506 e. The summed E-state index contributed by atoms with van der Waals surface area (Å²) >= 11 is 0. The fourth-order valence-electron chi connectivity index (χ4n) is 4.21. The van der Waals surface area contributed by atoms with Crippen molar-refractivity contribution in [3.8, 4) is 5.75 Å². The summed E-state index contributed by atoms with van der Waals surface area (Å²) in [4.78, 5) is 13.2. The summed E-state index contributed by atoms with van der Waals surface area (Å²) in [6, 6.07) is 34.9. The van der Waals surface area contributed by atoms with E-state index in [1.165, 1.54) is 0 Å². The van der Waals surface area contributed by atoms with E-state index in [9.17, 15) is 9.90 Å². The zero-order valence-electron chi connectivity index (χ0n) is 20.4. The fourth-order valence-corrected chi connectivity index (χ4v) is 4.21. The van der Waals surface area contributed by atoms with Gasteiger partial charge in [-0.05, 0) is 47.7 Å². The molecule has 182 valence electrons. The highest BCUT2D eigenvalue weighted by Crippen LogP contribution is 2.34. The number of carbonyl (C=O) groups is 1. The molecule has 2 N–H and O–H groups in total. The number of aromatic hydroxyl groups is 1. The van der Waals surface area contributed by atoms with Crippen LogP contribution in [-0.2, 0) is 16.0 Å². The Kier molecular flexibility index (Phi) is 8.55. The number of para-hydroxylation sites is 2. The van der Waals surface area contributed by atoms with Crippen molar-refractivity contribution in [2.75, 3.05) is 11.9 Å². The van der Waals surface area contributed by atoms with E-state index in [2.05, 4.69) is 29.6 Å². The second-order valence-electron chi connectivity index (χ2n) is 8.60. The lowest BCUT2D eigenvalue weighted by Gasteiger charge is -2.28. The molecule has 0 spiro atoms. The van der Waals surface area contributed by atoms with Crippen molar-refractivity contribution in [1.29, 1.82) is 0 Å². The van der Waals surface area contributed by atoms with E-state index < -0.39 is 12.0 Å². The molecule has 1 unspecified atom stereocenters. The van der Waals surface area contributed by atoms with Crippen molar-refractivity contribution >= 4 is 23.8 Å². The van der Waals surface area contributed by atoms with Gasteiger partial charge in [-0.2, -0.15) is 0 Å². The largest absolute Gasteiger partial charge is 0.506 e. The van der Waals surface area contributed by atoms with Crippen molar-refractivity contribution < 1.29 is 14.6 Å². The zero-order valence-corrected chi connectivity index (χ0v) is 20.4. The Hall–Kier alpha value is -4.31. The summed E-state index contributed by atoms with van der Waals surface area (Å²) in [5, 5.41) is 13.9. The Bertz CT molecular complexity index is 1270. The Morgan fingerprint density at radius 1 is 0.806 bits per heavy atom. The molecule has 0 amide bonds. The van der Waals surface area contributed by atoms with Gasteiger partial charge in [0.1, 0.15) is 5.75 Å². The highest BCUT2D eigenvalue weighted by Gasteiger charge is 2.31. The van der Waals surface area contributed by atoms with E-state index in [-0.39, 0.29) is 11.7 Å². The van der Waals surface area contributed by atoms with Gasteiger partial charge in [-0.25, -0.2) is 0 Å². The molecule has 0 radical (unpaired) electrons. The molecule has 0 aliphatic rings. The van der Waals surface area contributed by atoms with Crippen LogP contribution in [0.3, 0.4) is 0 Å². The van der Waals surface area contributed by atoms with E-state index in [4.69, 9.17) is 4.74 Å². The first-order chi connectivity index (χ1) is 17.6. The van der Waals surface area contributed by atoms with Crippen molar-refractivity contribution in [2.45, 2.75) is 19.4 Å². The van der Waals surface area contributed by atoms with Crippen molar-refractivity contribution in [3.05, 3.63) is 131 Å². The molecule has 0 saturated heterocycles. The maximum Gasteiger partial charge on any atom is 0.311 e. The van der Waals surface area contributed by atoms with Gasteiger partial charge < -0.3 is 15.2 Å². The van der Waals surface area contributed by atoms with Crippen LogP contribution in [0.5, 0.6) is 5.75 Å². The Balaban J connectivity index is 1.67. The molecule has 36 heavy (non-hydrogen) atoms. The molecular formula is C32H31NO3. The number of nitrogens with one attached hydrogen (secondary N) is 1. The van der Waals surface area contributed by atoms with Crippen LogP contribution in [0, 0.1) is 5.92 Å². The van der Waals surface area contributed by atoms with Crippen LogP contribution in [0.15, 0.2) is 109 Å². The summed E-state index contributed by atoms with van der Waals surface area (Å²) < 4.78 is 5.51. The topological polar surface area (TPSA) is 58.6 Å². The van der Waals surface area contributed by atoms with Gasteiger partial charge in [0.05, 0.1) is 24.3 Å². The lowest BCUT2D eigenvalue weighted by molar-refractivity contribution is -0.148. The number of phenols is 1. The normalized spacial score (nSPS) is 12.7. The van der Waals surface area contributed by atoms with Crippen molar-refractivity contribution in [3.63, 3.8) is 0 Å². The van der Waals surface area contributed by atoms with Crippen molar-refractivity contribution in [2.24, 2.45) is 5.92 Å². The fraction of sp³-hybridized carbons (Fsp3) is 0.156. The first kappa shape index (κ1) is 24.8. The van der Waals surface area contributed by atoms with Crippen molar-refractivity contribution in [1.82, 2.24) is 0 Å². The van der Waals surface area contributed by atoms with Crippen LogP contribution in [0.2, 0.25) is 0 Å². The maximum atomic E-state index is 13.2. The molecule has 0 aliphatic carbocycles. The van der Waals surface area contributed by atoms with E-state index >= 15 is 0 Å². The third kappa shape index (κ3) is 6.63. The minimum absolute atomic E-state index is 0.132. The number of hydrogen-bond donors (Lipinski definition) is 2. The zero-order chi connectivity index (χ0) is 25.2. The van der Waals surface area contributed by atoms with Crippen LogP contribution >= 0.6 is 0 Å². The highest BCUT2D eigenvalue weighted by atomic mass is 16.5. The number of rotatable bonds is 10.